The number of benzene rings is 1. The second kappa shape index (κ2) is 9.75. The van der Waals surface area contributed by atoms with Crippen LogP contribution in [0.5, 0.6) is 0 Å². The minimum absolute atomic E-state index is 0.0733. The van der Waals surface area contributed by atoms with Crippen LogP contribution in [0.2, 0.25) is 0 Å². The third-order valence-corrected chi connectivity index (χ3v) is 7.59. The minimum Gasteiger partial charge on any atom is -0.345 e. The number of rotatable bonds is 7. The van der Waals surface area contributed by atoms with E-state index in [1.54, 1.807) is 0 Å². The molecule has 32 heavy (non-hydrogen) atoms. The number of likely N-dealkylation sites (N-methyl/N-ethyl adjacent to an activating group) is 1. The predicted octanol–water partition coefficient (Wildman–Crippen LogP) is 3.15. The van der Waals surface area contributed by atoms with E-state index in [1.807, 2.05) is 29.2 Å². The molecule has 0 saturated carbocycles. The summed E-state index contributed by atoms with van der Waals surface area (Å²) < 4.78 is 0. The van der Waals surface area contributed by atoms with Gasteiger partial charge in [0.2, 0.25) is 5.91 Å². The van der Waals surface area contributed by atoms with Gasteiger partial charge in [-0.2, -0.15) is 0 Å². The highest BCUT2D eigenvalue weighted by atomic mass is 16.2. The van der Waals surface area contributed by atoms with Gasteiger partial charge in [-0.25, -0.2) is 0 Å². The lowest BCUT2D eigenvalue weighted by atomic mass is 9.86. The number of anilines is 1. The van der Waals surface area contributed by atoms with Gasteiger partial charge < -0.3 is 15.1 Å². The van der Waals surface area contributed by atoms with Crippen molar-refractivity contribution in [2.45, 2.75) is 45.6 Å². The van der Waals surface area contributed by atoms with Crippen LogP contribution in [0.4, 0.5) is 5.69 Å². The monoisotopic (exact) mass is 438 g/mol. The fourth-order valence-electron chi connectivity index (χ4n) is 5.65. The molecule has 0 radical (unpaired) electrons. The number of carbonyl (C=O) groups excluding carboxylic acids is 2. The molecule has 0 spiro atoms. The van der Waals surface area contributed by atoms with Crippen molar-refractivity contribution in [3.8, 4) is 0 Å². The first-order valence-electron chi connectivity index (χ1n) is 12.3. The lowest BCUT2D eigenvalue weighted by Crippen LogP contribution is -2.59. The van der Waals surface area contributed by atoms with Gasteiger partial charge in [0.25, 0.3) is 5.91 Å². The second-order valence-corrected chi connectivity index (χ2v) is 9.80. The molecule has 6 heteroatoms. The molecule has 1 aromatic rings. The SMILES string of the molecule is CCN(CC)CCN1C(=O)[C@@H]2CN(C[C@@H]3CC=CCC3)C[C@]2(C)NC(=O)c2ccccc21. The van der Waals surface area contributed by atoms with E-state index in [0.717, 1.165) is 51.3 Å². The zero-order valence-corrected chi connectivity index (χ0v) is 19.8. The summed E-state index contributed by atoms with van der Waals surface area (Å²) in [6.07, 6.45) is 8.01. The quantitative estimate of drug-likeness (QED) is 0.665. The van der Waals surface area contributed by atoms with Crippen molar-refractivity contribution in [1.29, 1.82) is 0 Å². The minimum atomic E-state index is -0.556. The molecular weight excluding hydrogens is 400 g/mol. The Morgan fingerprint density at radius 1 is 1.16 bits per heavy atom. The number of likely N-dealkylation sites (tertiary alicyclic amines) is 1. The molecule has 2 heterocycles. The van der Waals surface area contributed by atoms with E-state index in [-0.39, 0.29) is 17.7 Å². The first-order valence-corrected chi connectivity index (χ1v) is 12.3. The van der Waals surface area contributed by atoms with Gasteiger partial charge >= 0.3 is 0 Å². The highest BCUT2D eigenvalue weighted by molar-refractivity contribution is 6.07. The summed E-state index contributed by atoms with van der Waals surface area (Å²) in [6, 6.07) is 7.55. The van der Waals surface area contributed by atoms with Gasteiger partial charge in [0.05, 0.1) is 22.7 Å². The van der Waals surface area contributed by atoms with Crippen LogP contribution in [0.25, 0.3) is 0 Å². The molecule has 4 rings (SSSR count). The summed E-state index contributed by atoms with van der Waals surface area (Å²) in [5.41, 5.74) is 0.774. The number of nitrogens with zero attached hydrogens (tertiary/aromatic N) is 3. The van der Waals surface area contributed by atoms with E-state index in [9.17, 15) is 9.59 Å². The molecule has 3 aliphatic rings. The Labute approximate surface area is 192 Å². The van der Waals surface area contributed by atoms with Crippen molar-refractivity contribution in [2.75, 3.05) is 50.7 Å². The first kappa shape index (κ1) is 23.0. The molecule has 2 amide bonds. The van der Waals surface area contributed by atoms with Crippen LogP contribution in [0.15, 0.2) is 36.4 Å². The van der Waals surface area contributed by atoms with Crippen LogP contribution in [0, 0.1) is 11.8 Å². The van der Waals surface area contributed by atoms with Gasteiger partial charge in [-0.1, -0.05) is 38.1 Å². The number of allylic oxidation sites excluding steroid dienone is 2. The fourth-order valence-corrected chi connectivity index (χ4v) is 5.65. The van der Waals surface area contributed by atoms with E-state index < -0.39 is 5.54 Å². The van der Waals surface area contributed by atoms with Gasteiger partial charge in [0, 0.05) is 32.7 Å². The van der Waals surface area contributed by atoms with Gasteiger partial charge in [-0.15, -0.1) is 0 Å². The summed E-state index contributed by atoms with van der Waals surface area (Å²) >= 11 is 0. The number of hydrogen-bond acceptors (Lipinski definition) is 4. The zero-order valence-electron chi connectivity index (χ0n) is 19.8. The number of nitrogens with one attached hydrogen (secondary N) is 1. The number of fused-ring (bicyclic) bond motifs is 2. The van der Waals surface area contributed by atoms with Crippen LogP contribution in [0.1, 0.15) is 50.4 Å². The van der Waals surface area contributed by atoms with Crippen molar-refractivity contribution in [3.63, 3.8) is 0 Å². The lowest BCUT2D eigenvalue weighted by molar-refractivity contribution is -0.123. The molecule has 2 aliphatic heterocycles. The van der Waals surface area contributed by atoms with Gasteiger partial charge in [-0.05, 0) is 57.3 Å². The summed E-state index contributed by atoms with van der Waals surface area (Å²) in [5, 5.41) is 3.27. The number of amides is 2. The maximum absolute atomic E-state index is 14.0. The van der Waals surface area contributed by atoms with Crippen molar-refractivity contribution >= 4 is 17.5 Å². The summed E-state index contributed by atoms with van der Waals surface area (Å²) in [7, 11) is 0. The molecule has 0 bridgehead atoms. The Morgan fingerprint density at radius 3 is 2.66 bits per heavy atom. The normalized spacial score (nSPS) is 28.3. The molecule has 1 aromatic carbocycles. The average Bonchev–Trinajstić information content (AvgIpc) is 3.11. The maximum Gasteiger partial charge on any atom is 0.253 e. The van der Waals surface area contributed by atoms with Crippen LogP contribution in [0.3, 0.4) is 0 Å². The topological polar surface area (TPSA) is 55.9 Å². The molecule has 1 fully saturated rings. The highest BCUT2D eigenvalue weighted by Crippen LogP contribution is 2.36. The molecule has 3 atom stereocenters. The fraction of sp³-hybridized carbons (Fsp3) is 0.615. The third kappa shape index (κ3) is 4.62. The molecule has 1 N–H and O–H groups in total. The summed E-state index contributed by atoms with van der Waals surface area (Å²) in [6.45, 7) is 12.1. The Morgan fingerprint density at radius 2 is 1.94 bits per heavy atom. The summed E-state index contributed by atoms with van der Waals surface area (Å²) in [5.74, 6) is 0.458. The van der Waals surface area contributed by atoms with Crippen LogP contribution in [-0.2, 0) is 4.79 Å². The highest BCUT2D eigenvalue weighted by Gasteiger charge is 2.51. The van der Waals surface area contributed by atoms with Gasteiger partial charge in [0.15, 0.2) is 0 Å². The third-order valence-electron chi connectivity index (χ3n) is 7.59. The molecule has 1 aliphatic carbocycles. The number of hydrogen-bond donors (Lipinski definition) is 1. The Balaban J connectivity index is 1.61. The number of carbonyl (C=O) groups is 2. The molecule has 0 aromatic heterocycles. The van der Waals surface area contributed by atoms with E-state index in [1.165, 1.54) is 6.42 Å². The maximum atomic E-state index is 14.0. The Hall–Kier alpha value is -2.18. The molecule has 1 saturated heterocycles. The Bertz CT molecular complexity index is 865. The summed E-state index contributed by atoms with van der Waals surface area (Å²) in [4.78, 5) is 33.9. The van der Waals surface area contributed by atoms with E-state index in [0.29, 0.717) is 24.6 Å². The standard InChI is InChI=1S/C26H38N4O2/c1-4-28(5-2)15-16-30-23-14-10-9-13-21(23)24(31)27-26(3)19-29(18-22(26)25(30)32)17-20-11-7-6-8-12-20/h6-7,9-10,13-14,20,22H,4-5,8,11-12,15-19H2,1-3H3,(H,27,31)/t20-,22+,26+/m1/s1. The molecule has 0 unspecified atom stereocenters. The van der Waals surface area contributed by atoms with E-state index >= 15 is 0 Å². The van der Waals surface area contributed by atoms with Crippen molar-refractivity contribution < 1.29 is 9.59 Å². The Kier molecular flexibility index (Phi) is 7.01. The van der Waals surface area contributed by atoms with Gasteiger partial charge in [0.1, 0.15) is 0 Å². The molecule has 174 valence electrons. The number of para-hydroxylation sites is 1. The largest absolute Gasteiger partial charge is 0.345 e. The molecule has 6 nitrogen and oxygen atoms in total. The average molecular weight is 439 g/mol. The van der Waals surface area contributed by atoms with Crippen LogP contribution < -0.4 is 10.2 Å². The van der Waals surface area contributed by atoms with Crippen molar-refractivity contribution in [1.82, 2.24) is 15.1 Å². The first-order chi connectivity index (χ1) is 15.4. The van der Waals surface area contributed by atoms with Crippen molar-refractivity contribution in [3.05, 3.63) is 42.0 Å². The van der Waals surface area contributed by atoms with E-state index in [4.69, 9.17) is 0 Å². The van der Waals surface area contributed by atoms with Gasteiger partial charge in [-0.3, -0.25) is 14.5 Å². The second-order valence-electron chi connectivity index (χ2n) is 9.80. The molecular formula is C26H38N4O2. The zero-order chi connectivity index (χ0) is 22.7. The predicted molar refractivity (Wildman–Crippen MR) is 129 cm³/mol. The van der Waals surface area contributed by atoms with Crippen molar-refractivity contribution in [2.24, 2.45) is 11.8 Å². The smallest absolute Gasteiger partial charge is 0.253 e. The lowest BCUT2D eigenvalue weighted by Gasteiger charge is -2.38. The van der Waals surface area contributed by atoms with Crippen LogP contribution >= 0.6 is 0 Å². The van der Waals surface area contributed by atoms with E-state index in [2.05, 4.69) is 48.0 Å². The van der Waals surface area contributed by atoms with Crippen LogP contribution in [-0.4, -0.2) is 73.0 Å².